The van der Waals surface area contributed by atoms with Gasteiger partial charge in [0.25, 0.3) is 0 Å². The van der Waals surface area contributed by atoms with E-state index in [9.17, 15) is 15.2 Å². The fourth-order valence-corrected chi connectivity index (χ4v) is 2.13. The minimum Gasteiger partial charge on any atom is -0.502 e. The van der Waals surface area contributed by atoms with E-state index in [1.165, 1.54) is 17.6 Å². The third kappa shape index (κ3) is 1.12. The largest absolute Gasteiger partial charge is 0.502 e. The predicted molar refractivity (Wildman–Crippen MR) is 52.7 cm³/mol. The van der Waals surface area contributed by atoms with Gasteiger partial charge in [-0.15, -0.1) is 0 Å². The Kier molecular flexibility index (Phi) is 1.85. The Morgan fingerprint density at radius 3 is 2.93 bits per heavy atom. The number of phenolic OH excluding ortho intramolecular Hbond substituents is 1. The van der Waals surface area contributed by atoms with Crippen LogP contribution in [0.25, 0.3) is 10.1 Å². The summed E-state index contributed by atoms with van der Waals surface area (Å²) in [6.07, 6.45) is 0. The Bertz CT molecular complexity index is 521. The minimum absolute atomic E-state index is 0.256. The van der Waals surface area contributed by atoms with E-state index in [4.69, 9.17) is 0 Å². The summed E-state index contributed by atoms with van der Waals surface area (Å²) in [6, 6.07) is 2.94. The van der Waals surface area contributed by atoms with E-state index in [2.05, 4.69) is 4.37 Å². The zero-order valence-corrected chi connectivity index (χ0v) is 8.04. The molecule has 0 saturated carbocycles. The molecule has 0 fully saturated rings. The second kappa shape index (κ2) is 2.91. The molecule has 2 aromatic rings. The van der Waals surface area contributed by atoms with Gasteiger partial charge >= 0.3 is 5.69 Å². The van der Waals surface area contributed by atoms with E-state index in [1.807, 2.05) is 0 Å². The van der Waals surface area contributed by atoms with Crippen LogP contribution >= 0.6 is 11.5 Å². The summed E-state index contributed by atoms with van der Waals surface area (Å²) >= 11 is 1.19. The molecule has 14 heavy (non-hydrogen) atoms. The lowest BCUT2D eigenvalue weighted by Gasteiger charge is -1.96. The van der Waals surface area contributed by atoms with Gasteiger partial charge in [-0.3, -0.25) is 10.1 Å². The number of aryl methyl sites for hydroxylation is 1. The number of nitro groups is 1. The van der Waals surface area contributed by atoms with E-state index < -0.39 is 4.92 Å². The van der Waals surface area contributed by atoms with Crippen molar-refractivity contribution in [3.8, 4) is 5.75 Å². The van der Waals surface area contributed by atoms with Gasteiger partial charge < -0.3 is 5.11 Å². The van der Waals surface area contributed by atoms with Crippen LogP contribution in [0.4, 0.5) is 5.69 Å². The SMILES string of the molecule is Cc1nsc2ccc(O)c([N+](=O)[O-])c12. The number of fused-ring (bicyclic) bond motifs is 1. The molecule has 0 atom stereocenters. The molecule has 0 unspecified atom stereocenters. The average molecular weight is 210 g/mol. The first kappa shape index (κ1) is 8.89. The van der Waals surface area contributed by atoms with E-state index >= 15 is 0 Å². The second-order valence-corrected chi connectivity index (χ2v) is 3.64. The van der Waals surface area contributed by atoms with Crippen molar-refractivity contribution in [1.29, 1.82) is 0 Å². The molecule has 0 bridgehead atoms. The number of rotatable bonds is 1. The van der Waals surface area contributed by atoms with Gasteiger partial charge in [0.15, 0.2) is 5.75 Å². The third-order valence-corrected chi connectivity index (χ3v) is 2.85. The van der Waals surface area contributed by atoms with Crippen LogP contribution in [0, 0.1) is 17.0 Å². The van der Waals surface area contributed by atoms with Crippen LogP contribution in [0.2, 0.25) is 0 Å². The first-order valence-corrected chi connectivity index (χ1v) is 4.61. The lowest BCUT2D eigenvalue weighted by molar-refractivity contribution is -0.384. The molecule has 0 spiro atoms. The van der Waals surface area contributed by atoms with E-state index in [1.54, 1.807) is 13.0 Å². The first-order chi connectivity index (χ1) is 6.61. The van der Waals surface area contributed by atoms with Crippen molar-refractivity contribution < 1.29 is 10.0 Å². The maximum atomic E-state index is 10.7. The summed E-state index contributed by atoms with van der Waals surface area (Å²) in [5.41, 5.74) is 0.321. The lowest BCUT2D eigenvalue weighted by Crippen LogP contribution is -1.90. The van der Waals surface area contributed by atoms with E-state index in [0.717, 1.165) is 0 Å². The van der Waals surface area contributed by atoms with Crippen molar-refractivity contribution in [2.75, 3.05) is 0 Å². The number of phenols is 1. The molecule has 1 aromatic heterocycles. The molecule has 0 aliphatic heterocycles. The standard InChI is InChI=1S/C8H6N2O3S/c1-4-7-6(14-9-4)3-2-5(11)8(7)10(12)13/h2-3,11H,1H3. The summed E-state index contributed by atoms with van der Waals surface area (Å²) in [5, 5.41) is 20.5. The average Bonchev–Trinajstić information content (AvgIpc) is 2.47. The van der Waals surface area contributed by atoms with E-state index in [-0.39, 0.29) is 11.4 Å². The first-order valence-electron chi connectivity index (χ1n) is 3.83. The van der Waals surface area contributed by atoms with Crippen molar-refractivity contribution in [2.45, 2.75) is 6.92 Å². The zero-order valence-electron chi connectivity index (χ0n) is 7.22. The summed E-state index contributed by atoms with van der Waals surface area (Å²) in [6.45, 7) is 1.69. The maximum absolute atomic E-state index is 10.7. The smallest absolute Gasteiger partial charge is 0.321 e. The topological polar surface area (TPSA) is 76.3 Å². The number of nitro benzene ring substituents is 1. The number of aromatic nitrogens is 1. The maximum Gasteiger partial charge on any atom is 0.321 e. The van der Waals surface area contributed by atoms with Gasteiger partial charge in [-0.2, -0.15) is 4.37 Å². The summed E-state index contributed by atoms with van der Waals surface area (Å²) in [4.78, 5) is 10.1. The van der Waals surface area contributed by atoms with Gasteiger partial charge in [0.1, 0.15) is 0 Å². The molecule has 0 radical (unpaired) electrons. The van der Waals surface area contributed by atoms with Crippen LogP contribution in [-0.2, 0) is 0 Å². The fourth-order valence-electron chi connectivity index (χ4n) is 1.34. The lowest BCUT2D eigenvalue weighted by atomic mass is 10.2. The molecule has 6 heteroatoms. The van der Waals surface area contributed by atoms with Crippen LogP contribution in [-0.4, -0.2) is 14.4 Å². The Balaban J connectivity index is 2.94. The van der Waals surface area contributed by atoms with Crippen LogP contribution in [0.15, 0.2) is 12.1 Å². The van der Waals surface area contributed by atoms with E-state index in [0.29, 0.717) is 15.8 Å². The number of hydrogen-bond acceptors (Lipinski definition) is 5. The molecular formula is C8H6N2O3S. The molecule has 72 valence electrons. The molecular weight excluding hydrogens is 204 g/mol. The summed E-state index contributed by atoms with van der Waals surface area (Å²) < 4.78 is 4.72. The van der Waals surface area contributed by atoms with Crippen molar-refractivity contribution in [1.82, 2.24) is 4.37 Å². The quantitative estimate of drug-likeness (QED) is 0.578. The van der Waals surface area contributed by atoms with Crippen molar-refractivity contribution in [2.24, 2.45) is 0 Å². The molecule has 1 heterocycles. The number of aromatic hydroxyl groups is 1. The highest BCUT2D eigenvalue weighted by atomic mass is 32.1. The van der Waals surface area contributed by atoms with Gasteiger partial charge in [0.05, 0.1) is 20.7 Å². The molecule has 1 aromatic carbocycles. The molecule has 1 N–H and O–H groups in total. The van der Waals surface area contributed by atoms with Crippen molar-refractivity contribution in [3.63, 3.8) is 0 Å². The molecule has 0 aliphatic carbocycles. The Labute approximate surface area is 82.9 Å². The minimum atomic E-state index is -0.584. The van der Waals surface area contributed by atoms with Crippen LogP contribution in [0.3, 0.4) is 0 Å². The highest BCUT2D eigenvalue weighted by molar-refractivity contribution is 7.13. The Hall–Kier alpha value is -1.69. The molecule has 5 nitrogen and oxygen atoms in total. The monoisotopic (exact) mass is 210 g/mol. The second-order valence-electron chi connectivity index (χ2n) is 2.83. The van der Waals surface area contributed by atoms with Crippen LogP contribution in [0.5, 0.6) is 5.75 Å². The van der Waals surface area contributed by atoms with Gasteiger partial charge in [-0.05, 0) is 30.6 Å². The zero-order chi connectivity index (χ0) is 10.3. The van der Waals surface area contributed by atoms with Gasteiger partial charge in [0.2, 0.25) is 0 Å². The number of hydrogen-bond donors (Lipinski definition) is 1. The molecule has 0 saturated heterocycles. The molecule has 2 rings (SSSR count). The van der Waals surface area contributed by atoms with Crippen molar-refractivity contribution in [3.05, 3.63) is 27.9 Å². The number of benzene rings is 1. The van der Waals surface area contributed by atoms with Gasteiger partial charge in [0, 0.05) is 0 Å². The third-order valence-electron chi connectivity index (χ3n) is 1.94. The normalized spacial score (nSPS) is 10.6. The highest BCUT2D eigenvalue weighted by Gasteiger charge is 2.21. The highest BCUT2D eigenvalue weighted by Crippen LogP contribution is 2.37. The predicted octanol–water partition coefficient (Wildman–Crippen LogP) is 2.22. The molecule has 0 aliphatic rings. The fraction of sp³-hybridized carbons (Fsp3) is 0.125. The summed E-state index contributed by atoms with van der Waals surface area (Å²) in [7, 11) is 0. The van der Waals surface area contributed by atoms with Gasteiger partial charge in [-0.1, -0.05) is 0 Å². The summed E-state index contributed by atoms with van der Waals surface area (Å²) in [5.74, 6) is -0.314. The van der Waals surface area contributed by atoms with Gasteiger partial charge in [-0.25, -0.2) is 0 Å². The Morgan fingerprint density at radius 2 is 2.29 bits per heavy atom. The Morgan fingerprint density at radius 1 is 1.57 bits per heavy atom. The van der Waals surface area contributed by atoms with Crippen LogP contribution in [0.1, 0.15) is 5.69 Å². The van der Waals surface area contributed by atoms with Crippen molar-refractivity contribution >= 4 is 27.3 Å². The molecule has 0 amide bonds. The number of nitrogens with zero attached hydrogens (tertiary/aromatic N) is 2. The van der Waals surface area contributed by atoms with Crippen LogP contribution < -0.4 is 0 Å².